The minimum Gasteiger partial charge on any atom is -0.299 e. The Hall–Kier alpha value is -1.44. The van der Waals surface area contributed by atoms with Crippen molar-refractivity contribution in [1.29, 1.82) is 0 Å². The van der Waals surface area contributed by atoms with Crippen LogP contribution in [-0.4, -0.2) is 11.6 Å². The van der Waals surface area contributed by atoms with Gasteiger partial charge in [0.05, 0.1) is 5.92 Å². The monoisotopic (exact) mass is 258 g/mol. The Bertz CT molecular complexity index is 471. The Kier molecular flexibility index (Phi) is 4.18. The summed E-state index contributed by atoms with van der Waals surface area (Å²) in [7, 11) is 0. The van der Waals surface area contributed by atoms with Crippen molar-refractivity contribution in [2.24, 2.45) is 17.8 Å². The summed E-state index contributed by atoms with van der Waals surface area (Å²) in [6, 6.07) is 7.54. The van der Waals surface area contributed by atoms with Gasteiger partial charge >= 0.3 is 0 Å². The van der Waals surface area contributed by atoms with E-state index in [9.17, 15) is 9.59 Å². The lowest BCUT2D eigenvalue weighted by atomic mass is 9.73. The number of carbonyl (C=O) groups excluding carboxylic acids is 2. The fourth-order valence-electron chi connectivity index (χ4n) is 2.83. The molecule has 2 nitrogen and oxygen atoms in total. The molecule has 0 heterocycles. The number of ketones is 2. The molecule has 0 radical (unpaired) electrons. The smallest absolute Gasteiger partial charge is 0.173 e. The molecule has 2 atom stereocenters. The molecule has 1 aliphatic carbocycles. The van der Waals surface area contributed by atoms with E-state index in [0.717, 1.165) is 18.4 Å². The van der Waals surface area contributed by atoms with E-state index in [0.29, 0.717) is 23.8 Å². The lowest BCUT2D eigenvalue weighted by molar-refractivity contribution is -0.124. The first kappa shape index (κ1) is 14.0. The fourth-order valence-corrected chi connectivity index (χ4v) is 2.83. The van der Waals surface area contributed by atoms with Gasteiger partial charge in [0, 0.05) is 12.0 Å². The molecule has 0 saturated heterocycles. The van der Waals surface area contributed by atoms with E-state index in [1.54, 1.807) is 0 Å². The van der Waals surface area contributed by atoms with Crippen molar-refractivity contribution in [3.05, 3.63) is 35.4 Å². The molecule has 1 fully saturated rings. The second-order valence-electron chi connectivity index (χ2n) is 6.03. The zero-order chi connectivity index (χ0) is 14.0. The molecular weight excluding hydrogens is 236 g/mol. The SMILES string of the molecule is Cc1ccc(C(=O)C2CC(C(C)C)CCC2=O)cc1. The molecular formula is C17H22O2. The van der Waals surface area contributed by atoms with Crippen LogP contribution in [0.25, 0.3) is 0 Å². The third-order valence-corrected chi connectivity index (χ3v) is 4.28. The Morgan fingerprint density at radius 1 is 1.21 bits per heavy atom. The van der Waals surface area contributed by atoms with E-state index in [1.165, 1.54) is 0 Å². The molecule has 102 valence electrons. The largest absolute Gasteiger partial charge is 0.299 e. The number of aryl methyl sites for hydroxylation is 1. The molecule has 19 heavy (non-hydrogen) atoms. The zero-order valence-electron chi connectivity index (χ0n) is 12.0. The van der Waals surface area contributed by atoms with Crippen molar-refractivity contribution in [2.45, 2.75) is 40.0 Å². The first-order valence-electron chi connectivity index (χ1n) is 7.12. The van der Waals surface area contributed by atoms with Gasteiger partial charge in [0.15, 0.2) is 5.78 Å². The molecule has 0 N–H and O–H groups in total. The van der Waals surface area contributed by atoms with E-state index in [-0.39, 0.29) is 11.6 Å². The lowest BCUT2D eigenvalue weighted by Gasteiger charge is -2.29. The highest BCUT2D eigenvalue weighted by atomic mass is 16.1. The summed E-state index contributed by atoms with van der Waals surface area (Å²) in [5, 5.41) is 0. The maximum atomic E-state index is 12.5. The fraction of sp³-hybridized carbons (Fsp3) is 0.529. The second kappa shape index (κ2) is 5.68. The zero-order valence-corrected chi connectivity index (χ0v) is 12.0. The Balaban J connectivity index is 2.16. The predicted molar refractivity (Wildman–Crippen MR) is 76.2 cm³/mol. The summed E-state index contributed by atoms with van der Waals surface area (Å²) in [5.41, 5.74) is 1.81. The summed E-state index contributed by atoms with van der Waals surface area (Å²) in [4.78, 5) is 24.5. The van der Waals surface area contributed by atoms with Gasteiger partial charge < -0.3 is 0 Å². The Morgan fingerprint density at radius 3 is 2.42 bits per heavy atom. The molecule has 2 rings (SSSR count). The summed E-state index contributed by atoms with van der Waals surface area (Å²) in [5.74, 6) is 0.764. The third kappa shape index (κ3) is 3.12. The minimum absolute atomic E-state index is 0.00958. The van der Waals surface area contributed by atoms with Crippen LogP contribution in [0, 0.1) is 24.7 Å². The van der Waals surface area contributed by atoms with Gasteiger partial charge in [-0.05, 0) is 31.6 Å². The lowest BCUT2D eigenvalue weighted by Crippen LogP contribution is -2.33. The standard InChI is InChI=1S/C17H22O2/c1-11(2)14-8-9-16(18)15(10-14)17(19)13-6-4-12(3)5-7-13/h4-7,11,14-15H,8-10H2,1-3H3. The van der Waals surface area contributed by atoms with Crippen molar-refractivity contribution in [1.82, 2.24) is 0 Å². The molecule has 0 aromatic heterocycles. The average molecular weight is 258 g/mol. The van der Waals surface area contributed by atoms with Crippen LogP contribution in [-0.2, 0) is 4.79 Å². The number of carbonyl (C=O) groups is 2. The number of benzene rings is 1. The third-order valence-electron chi connectivity index (χ3n) is 4.28. The summed E-state index contributed by atoms with van der Waals surface area (Å²) >= 11 is 0. The maximum Gasteiger partial charge on any atom is 0.173 e. The van der Waals surface area contributed by atoms with Gasteiger partial charge in [0.2, 0.25) is 0 Å². The van der Waals surface area contributed by atoms with Gasteiger partial charge in [-0.15, -0.1) is 0 Å². The topological polar surface area (TPSA) is 34.1 Å². The highest BCUT2D eigenvalue weighted by molar-refractivity contribution is 6.10. The molecule has 2 unspecified atom stereocenters. The maximum absolute atomic E-state index is 12.5. The summed E-state index contributed by atoms with van der Waals surface area (Å²) in [6.45, 7) is 6.34. The van der Waals surface area contributed by atoms with E-state index in [2.05, 4.69) is 13.8 Å². The van der Waals surface area contributed by atoms with Crippen LogP contribution in [0.1, 0.15) is 49.0 Å². The molecule has 0 spiro atoms. The van der Waals surface area contributed by atoms with Crippen LogP contribution < -0.4 is 0 Å². The first-order valence-corrected chi connectivity index (χ1v) is 7.12. The van der Waals surface area contributed by atoms with Crippen LogP contribution >= 0.6 is 0 Å². The van der Waals surface area contributed by atoms with Gasteiger partial charge in [-0.25, -0.2) is 0 Å². The van der Waals surface area contributed by atoms with Gasteiger partial charge in [-0.2, -0.15) is 0 Å². The molecule has 0 amide bonds. The number of hydrogen-bond acceptors (Lipinski definition) is 2. The molecule has 1 aliphatic rings. The molecule has 1 aromatic carbocycles. The van der Waals surface area contributed by atoms with Crippen LogP contribution in [0.2, 0.25) is 0 Å². The minimum atomic E-state index is -0.413. The normalized spacial score (nSPS) is 23.7. The number of hydrogen-bond donors (Lipinski definition) is 0. The van der Waals surface area contributed by atoms with Crippen LogP contribution in [0.4, 0.5) is 0 Å². The molecule has 2 heteroatoms. The van der Waals surface area contributed by atoms with Gasteiger partial charge in [-0.1, -0.05) is 43.7 Å². The van der Waals surface area contributed by atoms with Gasteiger partial charge in [0.1, 0.15) is 5.78 Å². The predicted octanol–water partition coefficient (Wildman–Crippen LogP) is 3.82. The van der Waals surface area contributed by atoms with Gasteiger partial charge in [-0.3, -0.25) is 9.59 Å². The average Bonchev–Trinajstić information content (AvgIpc) is 2.39. The molecule has 0 aliphatic heterocycles. The Labute approximate surface area is 115 Å². The van der Waals surface area contributed by atoms with Crippen molar-refractivity contribution in [3.8, 4) is 0 Å². The highest BCUT2D eigenvalue weighted by Gasteiger charge is 2.35. The molecule has 0 bridgehead atoms. The van der Waals surface area contributed by atoms with Crippen LogP contribution in [0.5, 0.6) is 0 Å². The first-order chi connectivity index (χ1) is 8.99. The number of Topliss-reactive ketones (excluding diaryl/α,β-unsaturated/α-hetero) is 2. The Morgan fingerprint density at radius 2 is 1.84 bits per heavy atom. The summed E-state index contributed by atoms with van der Waals surface area (Å²) in [6.07, 6.45) is 2.22. The van der Waals surface area contributed by atoms with Crippen molar-refractivity contribution in [3.63, 3.8) is 0 Å². The molecule has 1 aromatic rings. The van der Waals surface area contributed by atoms with E-state index in [4.69, 9.17) is 0 Å². The van der Waals surface area contributed by atoms with Crippen LogP contribution in [0.3, 0.4) is 0 Å². The van der Waals surface area contributed by atoms with Crippen molar-refractivity contribution >= 4 is 11.6 Å². The van der Waals surface area contributed by atoms with Crippen molar-refractivity contribution in [2.75, 3.05) is 0 Å². The summed E-state index contributed by atoms with van der Waals surface area (Å²) < 4.78 is 0. The van der Waals surface area contributed by atoms with E-state index >= 15 is 0 Å². The van der Waals surface area contributed by atoms with Crippen molar-refractivity contribution < 1.29 is 9.59 Å². The highest BCUT2D eigenvalue weighted by Crippen LogP contribution is 2.33. The van der Waals surface area contributed by atoms with E-state index in [1.807, 2.05) is 31.2 Å². The number of rotatable bonds is 3. The van der Waals surface area contributed by atoms with Gasteiger partial charge in [0.25, 0.3) is 0 Å². The van der Waals surface area contributed by atoms with E-state index < -0.39 is 5.92 Å². The quantitative estimate of drug-likeness (QED) is 0.610. The van der Waals surface area contributed by atoms with Crippen LogP contribution in [0.15, 0.2) is 24.3 Å². The second-order valence-corrected chi connectivity index (χ2v) is 6.03. The molecule has 1 saturated carbocycles.